The van der Waals surface area contributed by atoms with Crippen LogP contribution in [0.15, 0.2) is 6.33 Å². The fourth-order valence-electron chi connectivity index (χ4n) is 2.51. The van der Waals surface area contributed by atoms with Crippen molar-refractivity contribution >= 4 is 0 Å². The molecule has 96 valence electrons. The number of likely N-dealkylation sites (tertiary alicyclic amines) is 1. The number of hydrogen-bond acceptors (Lipinski definition) is 7. The summed E-state index contributed by atoms with van der Waals surface area (Å²) < 4.78 is 3.32. The quantitative estimate of drug-likeness (QED) is 0.685. The van der Waals surface area contributed by atoms with Crippen LogP contribution in [0.4, 0.5) is 0 Å². The Morgan fingerprint density at radius 2 is 2.17 bits per heavy atom. The van der Waals surface area contributed by atoms with Crippen LogP contribution in [0.5, 0.6) is 0 Å². The van der Waals surface area contributed by atoms with Crippen LogP contribution in [-0.2, 0) is 0 Å². The molecule has 0 bridgehead atoms. The van der Waals surface area contributed by atoms with E-state index < -0.39 is 0 Å². The Balaban J connectivity index is 1.91. The van der Waals surface area contributed by atoms with Crippen LogP contribution in [0.25, 0.3) is 5.95 Å². The first-order chi connectivity index (χ1) is 8.75. The SMILES string of the molecule is CC1CN(C)CCC1n1nnnc1-n1cnnn1. The lowest BCUT2D eigenvalue weighted by Gasteiger charge is -2.34. The normalized spacial score (nSPS) is 25.4. The monoisotopic (exact) mass is 249 g/mol. The van der Waals surface area contributed by atoms with Crippen molar-refractivity contribution in [2.75, 3.05) is 20.1 Å². The molecule has 0 aromatic carbocycles. The van der Waals surface area contributed by atoms with Crippen molar-refractivity contribution in [2.45, 2.75) is 19.4 Å². The first kappa shape index (κ1) is 11.2. The van der Waals surface area contributed by atoms with E-state index in [1.807, 2.05) is 4.68 Å². The molecule has 0 radical (unpaired) electrons. The zero-order chi connectivity index (χ0) is 12.5. The maximum Gasteiger partial charge on any atom is 0.273 e. The Morgan fingerprint density at radius 3 is 2.89 bits per heavy atom. The van der Waals surface area contributed by atoms with E-state index in [-0.39, 0.29) is 6.04 Å². The highest BCUT2D eigenvalue weighted by Gasteiger charge is 2.29. The predicted molar refractivity (Wildman–Crippen MR) is 60.8 cm³/mol. The number of nitrogens with zero attached hydrogens (tertiary/aromatic N) is 9. The largest absolute Gasteiger partial charge is 0.306 e. The summed E-state index contributed by atoms with van der Waals surface area (Å²) in [6, 6.07) is 0.287. The Labute approximate surface area is 104 Å². The molecule has 1 saturated heterocycles. The van der Waals surface area contributed by atoms with Gasteiger partial charge in [0.15, 0.2) is 0 Å². The number of piperidine rings is 1. The molecule has 1 aliphatic heterocycles. The van der Waals surface area contributed by atoms with Crippen LogP contribution in [0, 0.1) is 5.92 Å². The van der Waals surface area contributed by atoms with Gasteiger partial charge in [-0.15, -0.1) is 5.10 Å². The summed E-state index contributed by atoms with van der Waals surface area (Å²) in [5.74, 6) is 1.06. The van der Waals surface area contributed by atoms with Crippen molar-refractivity contribution in [3.05, 3.63) is 6.33 Å². The molecule has 3 heterocycles. The first-order valence-electron chi connectivity index (χ1n) is 5.95. The zero-order valence-corrected chi connectivity index (χ0v) is 10.4. The van der Waals surface area contributed by atoms with Crippen molar-refractivity contribution in [2.24, 2.45) is 5.92 Å². The molecule has 0 spiro atoms. The second-order valence-corrected chi connectivity index (χ2v) is 4.77. The molecule has 0 aliphatic carbocycles. The van der Waals surface area contributed by atoms with Crippen LogP contribution < -0.4 is 0 Å². The van der Waals surface area contributed by atoms with Crippen LogP contribution >= 0.6 is 0 Å². The van der Waals surface area contributed by atoms with Gasteiger partial charge < -0.3 is 4.90 Å². The van der Waals surface area contributed by atoms with Gasteiger partial charge in [0.05, 0.1) is 6.04 Å². The topological polar surface area (TPSA) is 90.4 Å². The molecule has 0 N–H and O–H groups in total. The van der Waals surface area contributed by atoms with Crippen molar-refractivity contribution in [1.29, 1.82) is 0 Å². The standard InChI is InChI=1S/C9H15N9/c1-7-5-16(2)4-3-8(7)18-9(11-13-15-18)17-6-10-12-14-17/h6-8H,3-5H2,1-2H3. The number of hydrogen-bond donors (Lipinski definition) is 0. The summed E-state index contributed by atoms with van der Waals surface area (Å²) in [5, 5.41) is 22.9. The van der Waals surface area contributed by atoms with Crippen molar-refractivity contribution < 1.29 is 0 Å². The third kappa shape index (κ3) is 1.86. The molecular weight excluding hydrogens is 234 g/mol. The molecule has 2 aromatic heterocycles. The van der Waals surface area contributed by atoms with E-state index in [1.54, 1.807) is 0 Å². The minimum Gasteiger partial charge on any atom is -0.306 e. The Morgan fingerprint density at radius 1 is 1.28 bits per heavy atom. The Hall–Kier alpha value is -1.90. The molecule has 0 amide bonds. The van der Waals surface area contributed by atoms with E-state index in [1.165, 1.54) is 11.0 Å². The molecule has 18 heavy (non-hydrogen) atoms. The average Bonchev–Trinajstić information content (AvgIpc) is 2.98. The third-order valence-electron chi connectivity index (χ3n) is 3.41. The van der Waals surface area contributed by atoms with E-state index >= 15 is 0 Å². The smallest absolute Gasteiger partial charge is 0.273 e. The zero-order valence-electron chi connectivity index (χ0n) is 10.4. The number of tetrazole rings is 2. The second kappa shape index (κ2) is 4.41. The summed E-state index contributed by atoms with van der Waals surface area (Å²) in [7, 11) is 2.13. The Bertz CT molecular complexity index is 504. The van der Waals surface area contributed by atoms with E-state index in [9.17, 15) is 0 Å². The highest BCUT2D eigenvalue weighted by Crippen LogP contribution is 2.27. The van der Waals surface area contributed by atoms with Crippen molar-refractivity contribution in [3.8, 4) is 5.95 Å². The van der Waals surface area contributed by atoms with Gasteiger partial charge in [0.25, 0.3) is 5.95 Å². The lowest BCUT2D eigenvalue weighted by Crippen LogP contribution is -2.38. The highest BCUT2D eigenvalue weighted by molar-refractivity contribution is 5.04. The maximum absolute atomic E-state index is 4.09. The molecular formula is C9H15N9. The van der Waals surface area contributed by atoms with Gasteiger partial charge in [0.1, 0.15) is 6.33 Å². The van der Waals surface area contributed by atoms with Crippen molar-refractivity contribution in [1.82, 2.24) is 45.3 Å². The highest BCUT2D eigenvalue weighted by atomic mass is 15.6. The summed E-state index contributed by atoms with van der Waals surface area (Å²) in [5.41, 5.74) is 0. The summed E-state index contributed by atoms with van der Waals surface area (Å²) in [6.45, 7) is 4.30. The van der Waals surface area contributed by atoms with Crippen molar-refractivity contribution in [3.63, 3.8) is 0 Å². The van der Waals surface area contributed by atoms with Gasteiger partial charge in [-0.05, 0) is 46.8 Å². The lowest BCUT2D eigenvalue weighted by molar-refractivity contribution is 0.148. The van der Waals surface area contributed by atoms with Gasteiger partial charge in [-0.2, -0.15) is 4.68 Å². The number of rotatable bonds is 2. The molecule has 1 aliphatic rings. The first-order valence-corrected chi connectivity index (χ1v) is 5.95. The third-order valence-corrected chi connectivity index (χ3v) is 3.41. The predicted octanol–water partition coefficient (Wildman–Crippen LogP) is -0.838. The fourth-order valence-corrected chi connectivity index (χ4v) is 2.51. The maximum atomic E-state index is 4.09. The fraction of sp³-hybridized carbons (Fsp3) is 0.778. The van der Waals surface area contributed by atoms with Gasteiger partial charge in [-0.1, -0.05) is 12.0 Å². The minimum absolute atomic E-state index is 0.287. The van der Waals surface area contributed by atoms with Crippen LogP contribution in [0.2, 0.25) is 0 Å². The molecule has 2 atom stereocenters. The van der Waals surface area contributed by atoms with Gasteiger partial charge >= 0.3 is 0 Å². The number of aromatic nitrogens is 8. The van der Waals surface area contributed by atoms with E-state index in [0.717, 1.165) is 19.5 Å². The van der Waals surface area contributed by atoms with E-state index in [2.05, 4.69) is 49.9 Å². The average molecular weight is 249 g/mol. The Kier molecular flexibility index (Phi) is 2.74. The van der Waals surface area contributed by atoms with E-state index in [0.29, 0.717) is 11.9 Å². The van der Waals surface area contributed by atoms with Crippen LogP contribution in [-0.4, -0.2) is 65.5 Å². The van der Waals surface area contributed by atoms with E-state index in [4.69, 9.17) is 0 Å². The molecule has 0 saturated carbocycles. The molecule has 9 heteroatoms. The minimum atomic E-state index is 0.287. The molecule has 3 rings (SSSR count). The van der Waals surface area contributed by atoms with Gasteiger partial charge in [0, 0.05) is 6.54 Å². The van der Waals surface area contributed by atoms with Gasteiger partial charge in [-0.3, -0.25) is 0 Å². The van der Waals surface area contributed by atoms with Crippen LogP contribution in [0.1, 0.15) is 19.4 Å². The second-order valence-electron chi connectivity index (χ2n) is 4.77. The van der Waals surface area contributed by atoms with Crippen LogP contribution in [0.3, 0.4) is 0 Å². The summed E-state index contributed by atoms with van der Waals surface area (Å²) in [4.78, 5) is 2.32. The molecule has 2 aromatic rings. The molecule has 1 fully saturated rings. The summed E-state index contributed by atoms with van der Waals surface area (Å²) >= 11 is 0. The molecule has 9 nitrogen and oxygen atoms in total. The van der Waals surface area contributed by atoms with Gasteiger partial charge in [-0.25, -0.2) is 4.68 Å². The van der Waals surface area contributed by atoms with Gasteiger partial charge in [0.2, 0.25) is 0 Å². The molecule has 2 unspecified atom stereocenters. The lowest BCUT2D eigenvalue weighted by atomic mass is 9.94. The summed E-state index contributed by atoms with van der Waals surface area (Å²) in [6.07, 6.45) is 2.53.